The van der Waals surface area contributed by atoms with Gasteiger partial charge in [0.25, 0.3) is 5.91 Å². The number of carbonyl (C=O) groups is 2. The fourth-order valence-electron chi connectivity index (χ4n) is 5.02. The number of hydrogen-bond donors (Lipinski definition) is 1. The van der Waals surface area contributed by atoms with Crippen molar-refractivity contribution in [1.29, 1.82) is 0 Å². The molecule has 1 fully saturated rings. The number of rotatable bonds is 5. The minimum Gasteiger partial charge on any atom is -0.497 e. The molecule has 0 atom stereocenters. The Morgan fingerprint density at radius 2 is 1.83 bits per heavy atom. The van der Waals surface area contributed by atoms with E-state index < -0.39 is 23.1 Å². The summed E-state index contributed by atoms with van der Waals surface area (Å²) in [6.45, 7) is 4.42. The number of anilines is 1. The van der Waals surface area contributed by atoms with Crippen LogP contribution in [0.5, 0.6) is 5.75 Å². The molecule has 0 bridgehead atoms. The molecule has 4 rings (SSSR count). The van der Waals surface area contributed by atoms with Gasteiger partial charge < -0.3 is 15.0 Å². The van der Waals surface area contributed by atoms with Crippen LogP contribution < -0.4 is 15.0 Å². The molecule has 0 radical (unpaired) electrons. The quantitative estimate of drug-likeness (QED) is 0.540. The zero-order valence-corrected chi connectivity index (χ0v) is 20.6. The van der Waals surface area contributed by atoms with Gasteiger partial charge in [0.15, 0.2) is 0 Å². The van der Waals surface area contributed by atoms with E-state index in [1.54, 1.807) is 7.11 Å². The first kappa shape index (κ1) is 25.4. The number of nitrogens with one attached hydrogen (secondary N) is 1. The Morgan fingerprint density at radius 1 is 1.14 bits per heavy atom. The molecule has 2 amide bonds. The molecule has 9 heteroatoms. The van der Waals surface area contributed by atoms with Crippen LogP contribution in [0.1, 0.15) is 61.0 Å². The highest BCUT2D eigenvalue weighted by Gasteiger charge is 2.44. The molecular weight excluding hydrogens is 481 g/mol. The zero-order valence-electron chi connectivity index (χ0n) is 19.8. The molecule has 1 N–H and O–H groups in total. The van der Waals surface area contributed by atoms with Gasteiger partial charge in [-0.3, -0.25) is 9.59 Å². The number of nitrogens with zero attached hydrogens (tertiary/aromatic N) is 1. The van der Waals surface area contributed by atoms with Crippen LogP contribution in [0.25, 0.3) is 0 Å². The molecule has 1 saturated carbocycles. The zero-order chi connectivity index (χ0) is 25.5. The number of methoxy groups -OCH3 is 1. The van der Waals surface area contributed by atoms with E-state index in [9.17, 15) is 22.8 Å². The van der Waals surface area contributed by atoms with Crippen molar-refractivity contribution in [3.05, 3.63) is 58.1 Å². The second-order valence-corrected chi connectivity index (χ2v) is 10.2. The normalized spacial score (nSPS) is 21.6. The molecular formula is C26H28ClF3N2O3. The van der Waals surface area contributed by atoms with Gasteiger partial charge in [-0.15, -0.1) is 0 Å². The van der Waals surface area contributed by atoms with Gasteiger partial charge in [-0.25, -0.2) is 0 Å². The maximum absolute atomic E-state index is 13.2. The SMILES string of the molecule is COc1ccc2c(c1)N(CC1CCC(NC(=O)c3cc(C(F)(F)F)ccc3Cl)CC1)C(=O)C2(C)C. The van der Waals surface area contributed by atoms with E-state index in [-0.39, 0.29) is 28.5 Å². The van der Waals surface area contributed by atoms with Gasteiger partial charge in [-0.2, -0.15) is 13.2 Å². The summed E-state index contributed by atoms with van der Waals surface area (Å²) in [6, 6.07) is 8.28. The van der Waals surface area contributed by atoms with Gasteiger partial charge in [0.1, 0.15) is 5.75 Å². The van der Waals surface area contributed by atoms with Gasteiger partial charge in [-0.1, -0.05) is 17.7 Å². The Hall–Kier alpha value is -2.74. The first-order valence-corrected chi connectivity index (χ1v) is 12.0. The standard InChI is InChI=1S/C26H28ClF3N2O3/c1-25(2)20-10-9-18(35-3)13-22(20)32(24(25)34)14-15-4-7-17(8-5-15)31-23(33)19-12-16(26(28,29)30)6-11-21(19)27/h6,9-13,15,17H,4-5,7-8,14H2,1-3H3,(H,31,33). The Balaban J connectivity index is 1.39. The number of amides is 2. The molecule has 1 heterocycles. The van der Waals surface area contributed by atoms with Gasteiger partial charge >= 0.3 is 6.18 Å². The molecule has 35 heavy (non-hydrogen) atoms. The Labute approximate surface area is 207 Å². The van der Waals surface area contributed by atoms with Crippen molar-refractivity contribution >= 4 is 29.1 Å². The molecule has 0 spiro atoms. The first-order chi connectivity index (χ1) is 16.4. The van der Waals surface area contributed by atoms with E-state index in [1.807, 2.05) is 36.9 Å². The summed E-state index contributed by atoms with van der Waals surface area (Å²) in [5.41, 5.74) is 0.137. The highest BCUT2D eigenvalue weighted by Crippen LogP contribution is 2.44. The Morgan fingerprint density at radius 3 is 2.46 bits per heavy atom. The summed E-state index contributed by atoms with van der Waals surface area (Å²) in [5.74, 6) is 0.383. The lowest BCUT2D eigenvalue weighted by Gasteiger charge is -2.32. The Bertz CT molecular complexity index is 1140. The lowest BCUT2D eigenvalue weighted by atomic mass is 9.85. The molecule has 1 aliphatic heterocycles. The number of ether oxygens (including phenoxy) is 1. The van der Waals surface area contributed by atoms with Crippen LogP contribution in [0.2, 0.25) is 5.02 Å². The smallest absolute Gasteiger partial charge is 0.416 e. The molecule has 188 valence electrons. The number of carbonyl (C=O) groups excluding carboxylic acids is 2. The van der Waals surface area contributed by atoms with Crippen LogP contribution in [0.3, 0.4) is 0 Å². The summed E-state index contributed by atoms with van der Waals surface area (Å²) in [5, 5.41) is 2.81. The van der Waals surface area contributed by atoms with E-state index in [0.29, 0.717) is 25.1 Å². The molecule has 2 aliphatic rings. The van der Waals surface area contributed by atoms with Crippen LogP contribution in [-0.4, -0.2) is 31.5 Å². The lowest BCUT2D eigenvalue weighted by Crippen LogP contribution is -2.42. The summed E-state index contributed by atoms with van der Waals surface area (Å²) < 4.78 is 44.5. The number of alkyl halides is 3. The van der Waals surface area contributed by atoms with E-state index in [2.05, 4.69) is 5.32 Å². The molecule has 0 saturated heterocycles. The highest BCUT2D eigenvalue weighted by atomic mass is 35.5. The predicted molar refractivity (Wildman–Crippen MR) is 128 cm³/mol. The van der Waals surface area contributed by atoms with E-state index in [0.717, 1.165) is 42.3 Å². The largest absolute Gasteiger partial charge is 0.497 e. The first-order valence-electron chi connectivity index (χ1n) is 11.6. The van der Waals surface area contributed by atoms with Gasteiger partial charge in [0.2, 0.25) is 5.91 Å². The topological polar surface area (TPSA) is 58.6 Å². The predicted octanol–water partition coefficient (Wildman–Crippen LogP) is 5.98. The van der Waals surface area contributed by atoms with Crippen molar-refractivity contribution in [2.24, 2.45) is 5.92 Å². The number of benzene rings is 2. The third-order valence-electron chi connectivity index (χ3n) is 7.11. The minimum absolute atomic E-state index is 0.0200. The van der Waals surface area contributed by atoms with E-state index in [4.69, 9.17) is 16.3 Å². The maximum Gasteiger partial charge on any atom is 0.416 e. The van der Waals surface area contributed by atoms with Crippen molar-refractivity contribution in [3.63, 3.8) is 0 Å². The molecule has 2 aromatic rings. The Kier molecular flexibility index (Phi) is 6.79. The fourth-order valence-corrected chi connectivity index (χ4v) is 5.22. The average Bonchev–Trinajstić information content (AvgIpc) is 2.99. The van der Waals surface area contributed by atoms with Crippen molar-refractivity contribution < 1.29 is 27.5 Å². The molecule has 0 unspecified atom stereocenters. The minimum atomic E-state index is -4.55. The van der Waals surface area contributed by atoms with Crippen molar-refractivity contribution in [1.82, 2.24) is 5.32 Å². The van der Waals surface area contributed by atoms with Crippen LogP contribution in [0, 0.1) is 5.92 Å². The van der Waals surface area contributed by atoms with E-state index >= 15 is 0 Å². The second-order valence-electron chi connectivity index (χ2n) is 9.81. The molecule has 2 aromatic carbocycles. The van der Waals surface area contributed by atoms with Crippen LogP contribution in [0.4, 0.5) is 18.9 Å². The summed E-state index contributed by atoms with van der Waals surface area (Å²) in [6.07, 6.45) is -1.65. The highest BCUT2D eigenvalue weighted by molar-refractivity contribution is 6.33. The van der Waals surface area contributed by atoms with E-state index in [1.165, 1.54) is 0 Å². The lowest BCUT2D eigenvalue weighted by molar-refractivity contribution is -0.137. The summed E-state index contributed by atoms with van der Waals surface area (Å²) >= 11 is 6.00. The third kappa shape index (κ3) is 4.99. The number of halogens is 4. The number of hydrogen-bond acceptors (Lipinski definition) is 3. The average molecular weight is 509 g/mol. The summed E-state index contributed by atoms with van der Waals surface area (Å²) in [7, 11) is 1.59. The van der Waals surface area contributed by atoms with Crippen LogP contribution in [0.15, 0.2) is 36.4 Å². The van der Waals surface area contributed by atoms with Gasteiger partial charge in [0, 0.05) is 18.7 Å². The second kappa shape index (κ2) is 9.37. The third-order valence-corrected chi connectivity index (χ3v) is 7.44. The van der Waals surface area contributed by atoms with Gasteiger partial charge in [0.05, 0.1) is 34.4 Å². The van der Waals surface area contributed by atoms with Crippen LogP contribution in [-0.2, 0) is 16.4 Å². The van der Waals surface area contributed by atoms with Gasteiger partial charge in [-0.05, 0) is 75.3 Å². The maximum atomic E-state index is 13.2. The fraction of sp³-hybridized carbons (Fsp3) is 0.462. The van der Waals surface area contributed by atoms with Crippen molar-refractivity contribution in [2.75, 3.05) is 18.6 Å². The monoisotopic (exact) mass is 508 g/mol. The molecule has 5 nitrogen and oxygen atoms in total. The van der Waals surface area contributed by atoms with Crippen LogP contribution >= 0.6 is 11.6 Å². The van der Waals surface area contributed by atoms with Crippen molar-refractivity contribution in [3.8, 4) is 5.75 Å². The molecule has 1 aliphatic carbocycles. The summed E-state index contributed by atoms with van der Waals surface area (Å²) in [4.78, 5) is 27.7. The van der Waals surface area contributed by atoms with Crippen molar-refractivity contribution in [2.45, 2.75) is 57.2 Å². The molecule has 0 aromatic heterocycles. The number of fused-ring (bicyclic) bond motifs is 1.